The number of benzene rings is 2. The molecule has 74 valence electrons. The van der Waals surface area contributed by atoms with E-state index in [2.05, 4.69) is 52.6 Å². The van der Waals surface area contributed by atoms with Crippen molar-refractivity contribution in [1.29, 1.82) is 0 Å². The first-order valence-electron chi connectivity index (χ1n) is 5.01. The zero-order valence-electron chi connectivity index (χ0n) is 9.04. The Balaban J connectivity index is 0.000000461. The molecule has 0 heterocycles. The van der Waals surface area contributed by atoms with Crippen LogP contribution in [0.3, 0.4) is 0 Å². The highest BCUT2D eigenvalue weighted by Gasteiger charge is 1.92. The van der Waals surface area contributed by atoms with Crippen LogP contribution in [0.1, 0.15) is 19.4 Å². The summed E-state index contributed by atoms with van der Waals surface area (Å²) in [5, 5.41) is 3.88. The third-order valence-electron chi connectivity index (χ3n) is 2.02. The number of hydrogen-bond acceptors (Lipinski definition) is 0. The largest absolute Gasteiger partial charge is 0.106 e. The minimum absolute atomic E-state index is 1.24. The topological polar surface area (TPSA) is 0 Å². The fraction of sp³-hybridized carbons (Fsp3) is 0.231. The molecule has 0 radical (unpaired) electrons. The summed E-state index contributed by atoms with van der Waals surface area (Å²) in [5.41, 5.74) is 1.32. The van der Waals surface area contributed by atoms with Crippen molar-refractivity contribution in [2.75, 3.05) is 0 Å². The molecular formula is C13H17P. The van der Waals surface area contributed by atoms with Gasteiger partial charge in [0.25, 0.3) is 0 Å². The van der Waals surface area contributed by atoms with Crippen LogP contribution < -0.4 is 5.30 Å². The molecule has 0 fully saturated rings. The highest BCUT2D eigenvalue weighted by atomic mass is 31.0. The van der Waals surface area contributed by atoms with Gasteiger partial charge in [-0.1, -0.05) is 49.7 Å². The van der Waals surface area contributed by atoms with E-state index in [0.717, 1.165) is 0 Å². The molecule has 0 saturated heterocycles. The predicted molar refractivity (Wildman–Crippen MR) is 69.4 cm³/mol. The van der Waals surface area contributed by atoms with Crippen LogP contribution >= 0.6 is 9.24 Å². The van der Waals surface area contributed by atoms with Gasteiger partial charge < -0.3 is 0 Å². The maximum absolute atomic E-state index is 2.72. The van der Waals surface area contributed by atoms with Crippen LogP contribution in [0.15, 0.2) is 36.4 Å². The Morgan fingerprint density at radius 1 is 0.857 bits per heavy atom. The standard InChI is InChI=1S/C11H11P.C2H6/c1-8-2-3-9-4-5-11(12)7-10(9)6-8;1-2/h2-7H,12H2,1H3;1-2H3. The van der Waals surface area contributed by atoms with Crippen molar-refractivity contribution in [2.24, 2.45) is 0 Å². The van der Waals surface area contributed by atoms with Crippen molar-refractivity contribution in [2.45, 2.75) is 20.8 Å². The fourth-order valence-corrected chi connectivity index (χ4v) is 1.66. The van der Waals surface area contributed by atoms with Crippen LogP contribution in [0.2, 0.25) is 0 Å². The smallest absolute Gasteiger partial charge is 0.0175 e. The number of rotatable bonds is 0. The molecule has 0 bridgehead atoms. The summed E-state index contributed by atoms with van der Waals surface area (Å²) in [4.78, 5) is 0. The Morgan fingerprint density at radius 3 is 2.21 bits per heavy atom. The Bertz CT molecular complexity index is 382. The van der Waals surface area contributed by atoms with Gasteiger partial charge in [0, 0.05) is 0 Å². The summed E-state index contributed by atoms with van der Waals surface area (Å²) in [6.07, 6.45) is 0. The minimum Gasteiger partial charge on any atom is -0.106 e. The summed E-state index contributed by atoms with van der Waals surface area (Å²) in [5.74, 6) is 0. The first kappa shape index (κ1) is 11.2. The summed E-state index contributed by atoms with van der Waals surface area (Å²) in [6, 6.07) is 13.0. The van der Waals surface area contributed by atoms with Crippen LogP contribution in [0.5, 0.6) is 0 Å². The predicted octanol–water partition coefficient (Wildman–Crippen LogP) is 3.67. The molecule has 1 heteroatoms. The molecule has 0 saturated carbocycles. The van der Waals surface area contributed by atoms with Gasteiger partial charge in [0.2, 0.25) is 0 Å². The van der Waals surface area contributed by atoms with E-state index in [1.54, 1.807) is 0 Å². The van der Waals surface area contributed by atoms with Crippen molar-refractivity contribution in [1.82, 2.24) is 0 Å². The molecule has 0 amide bonds. The molecule has 0 spiro atoms. The van der Waals surface area contributed by atoms with E-state index in [0.29, 0.717) is 0 Å². The average molecular weight is 204 g/mol. The van der Waals surface area contributed by atoms with Crippen LogP contribution in [-0.4, -0.2) is 0 Å². The molecule has 0 N–H and O–H groups in total. The molecule has 14 heavy (non-hydrogen) atoms. The monoisotopic (exact) mass is 204 g/mol. The number of hydrogen-bond donors (Lipinski definition) is 0. The summed E-state index contributed by atoms with van der Waals surface area (Å²) < 4.78 is 0. The molecule has 1 atom stereocenters. The van der Waals surface area contributed by atoms with Crippen LogP contribution in [-0.2, 0) is 0 Å². The molecule has 0 aliphatic carbocycles. The van der Waals surface area contributed by atoms with Crippen molar-refractivity contribution < 1.29 is 0 Å². The lowest BCUT2D eigenvalue weighted by atomic mass is 10.1. The van der Waals surface area contributed by atoms with Crippen LogP contribution in [0, 0.1) is 6.92 Å². The molecule has 1 unspecified atom stereocenters. The van der Waals surface area contributed by atoms with E-state index >= 15 is 0 Å². The zero-order valence-corrected chi connectivity index (χ0v) is 10.2. The second-order valence-electron chi connectivity index (χ2n) is 3.11. The quantitative estimate of drug-likeness (QED) is 0.574. The minimum atomic E-state index is 1.24. The second-order valence-corrected chi connectivity index (χ2v) is 3.78. The third kappa shape index (κ3) is 2.56. The van der Waals surface area contributed by atoms with Crippen LogP contribution in [0.4, 0.5) is 0 Å². The number of aryl methyl sites for hydroxylation is 1. The second kappa shape index (κ2) is 5.12. The Morgan fingerprint density at radius 2 is 1.50 bits per heavy atom. The molecular weight excluding hydrogens is 187 g/mol. The molecule has 0 aliphatic rings. The maximum atomic E-state index is 2.72. The molecule has 0 aromatic heterocycles. The SMILES string of the molecule is CC.Cc1ccc2ccc(P)cc2c1. The number of fused-ring (bicyclic) bond motifs is 1. The average Bonchev–Trinajstić information content (AvgIpc) is 2.20. The van der Waals surface area contributed by atoms with E-state index in [4.69, 9.17) is 0 Å². The fourth-order valence-electron chi connectivity index (χ4n) is 1.38. The Labute approximate surface area is 88.5 Å². The van der Waals surface area contributed by atoms with Gasteiger partial charge in [-0.2, -0.15) is 0 Å². The van der Waals surface area contributed by atoms with Gasteiger partial charge in [-0.15, -0.1) is 9.24 Å². The highest BCUT2D eigenvalue weighted by Crippen LogP contribution is 2.14. The summed E-state index contributed by atoms with van der Waals surface area (Å²) in [6.45, 7) is 6.12. The van der Waals surface area contributed by atoms with Crippen molar-refractivity contribution >= 4 is 25.3 Å². The highest BCUT2D eigenvalue weighted by molar-refractivity contribution is 7.27. The van der Waals surface area contributed by atoms with Crippen molar-refractivity contribution in [3.05, 3.63) is 42.0 Å². The van der Waals surface area contributed by atoms with Gasteiger partial charge in [0.15, 0.2) is 0 Å². The van der Waals surface area contributed by atoms with Crippen molar-refractivity contribution in [3.8, 4) is 0 Å². The molecule has 0 nitrogen and oxygen atoms in total. The third-order valence-corrected chi connectivity index (χ3v) is 2.38. The first-order valence-corrected chi connectivity index (χ1v) is 5.59. The van der Waals surface area contributed by atoms with Gasteiger partial charge in [0.05, 0.1) is 0 Å². The summed E-state index contributed by atoms with van der Waals surface area (Å²) in [7, 11) is 2.72. The Kier molecular flexibility index (Phi) is 4.10. The van der Waals surface area contributed by atoms with E-state index < -0.39 is 0 Å². The molecule has 2 rings (SSSR count). The normalized spacial score (nSPS) is 9.43. The van der Waals surface area contributed by atoms with E-state index in [1.165, 1.54) is 21.6 Å². The molecule has 2 aromatic rings. The van der Waals surface area contributed by atoms with E-state index in [-0.39, 0.29) is 0 Å². The van der Waals surface area contributed by atoms with Crippen LogP contribution in [0.25, 0.3) is 10.8 Å². The van der Waals surface area contributed by atoms with Gasteiger partial charge in [-0.3, -0.25) is 0 Å². The first-order chi connectivity index (χ1) is 6.75. The summed E-state index contributed by atoms with van der Waals surface area (Å²) >= 11 is 0. The maximum Gasteiger partial charge on any atom is -0.0175 e. The zero-order chi connectivity index (χ0) is 10.6. The van der Waals surface area contributed by atoms with Gasteiger partial charge in [-0.05, 0) is 29.1 Å². The lowest BCUT2D eigenvalue weighted by Gasteiger charge is -1.99. The lowest BCUT2D eigenvalue weighted by Crippen LogP contribution is -1.87. The lowest BCUT2D eigenvalue weighted by molar-refractivity contribution is 1.50. The molecule has 2 aromatic carbocycles. The van der Waals surface area contributed by atoms with Gasteiger partial charge in [0.1, 0.15) is 0 Å². The molecule has 0 aliphatic heterocycles. The van der Waals surface area contributed by atoms with Crippen molar-refractivity contribution in [3.63, 3.8) is 0 Å². The van der Waals surface area contributed by atoms with E-state index in [1.807, 2.05) is 13.8 Å². The van der Waals surface area contributed by atoms with E-state index in [9.17, 15) is 0 Å². The van der Waals surface area contributed by atoms with Gasteiger partial charge in [-0.25, -0.2) is 0 Å². The van der Waals surface area contributed by atoms with Gasteiger partial charge >= 0.3 is 0 Å². The Hall–Kier alpha value is -0.870.